The molecule has 1 aliphatic heterocycles. The third-order valence-electron chi connectivity index (χ3n) is 5.42. The molecule has 0 fully saturated rings. The molecular weight excluding hydrogens is 312 g/mol. The van der Waals surface area contributed by atoms with Crippen LogP contribution in [0.15, 0.2) is 48.5 Å². The summed E-state index contributed by atoms with van der Waals surface area (Å²) in [4.78, 5) is 28.6. The summed E-state index contributed by atoms with van der Waals surface area (Å²) in [6.07, 6.45) is 3.44. The van der Waals surface area contributed by atoms with Crippen molar-refractivity contribution in [3.8, 4) is 0 Å². The lowest BCUT2D eigenvalue weighted by Crippen LogP contribution is -2.38. The number of nitrogens with zero attached hydrogens (tertiary/aromatic N) is 2. The highest BCUT2D eigenvalue weighted by Gasteiger charge is 2.35. The molecule has 25 heavy (non-hydrogen) atoms. The lowest BCUT2D eigenvalue weighted by atomic mass is 9.87. The SMILES string of the molecule is CN(CCN1C(=O)c2ccccc2C1=O)[C@@H]1CCCc2ccccc21. The van der Waals surface area contributed by atoms with E-state index >= 15 is 0 Å². The Balaban J connectivity index is 1.46. The van der Waals surface area contributed by atoms with E-state index in [-0.39, 0.29) is 11.8 Å². The van der Waals surface area contributed by atoms with Crippen molar-refractivity contribution in [3.63, 3.8) is 0 Å². The van der Waals surface area contributed by atoms with Crippen LogP contribution in [0.5, 0.6) is 0 Å². The largest absolute Gasteiger partial charge is 0.298 e. The Hall–Kier alpha value is -2.46. The summed E-state index contributed by atoms with van der Waals surface area (Å²) in [7, 11) is 2.09. The lowest BCUT2D eigenvalue weighted by molar-refractivity contribution is 0.0630. The number of rotatable bonds is 4. The molecule has 1 atom stereocenters. The second kappa shape index (κ2) is 6.45. The summed E-state index contributed by atoms with van der Waals surface area (Å²) in [5.74, 6) is -0.337. The highest BCUT2D eigenvalue weighted by Crippen LogP contribution is 2.33. The van der Waals surface area contributed by atoms with Crippen molar-refractivity contribution in [2.45, 2.75) is 25.3 Å². The molecule has 4 heteroatoms. The maximum Gasteiger partial charge on any atom is 0.261 e. The third kappa shape index (κ3) is 2.76. The number of likely N-dealkylation sites (N-methyl/N-ethyl adjacent to an activating group) is 1. The van der Waals surface area contributed by atoms with Crippen LogP contribution in [0.3, 0.4) is 0 Å². The molecule has 128 valence electrons. The Kier molecular flexibility index (Phi) is 4.14. The van der Waals surface area contributed by atoms with Gasteiger partial charge >= 0.3 is 0 Å². The number of amides is 2. The summed E-state index contributed by atoms with van der Waals surface area (Å²) < 4.78 is 0. The number of hydrogen-bond acceptors (Lipinski definition) is 3. The molecule has 0 N–H and O–H groups in total. The van der Waals surface area contributed by atoms with E-state index < -0.39 is 0 Å². The van der Waals surface area contributed by atoms with Gasteiger partial charge in [0.15, 0.2) is 0 Å². The maximum atomic E-state index is 12.5. The number of hydrogen-bond donors (Lipinski definition) is 0. The van der Waals surface area contributed by atoms with Gasteiger partial charge in [-0.1, -0.05) is 36.4 Å². The van der Waals surface area contributed by atoms with Crippen LogP contribution in [0.2, 0.25) is 0 Å². The fourth-order valence-corrected chi connectivity index (χ4v) is 4.04. The predicted molar refractivity (Wildman–Crippen MR) is 96.6 cm³/mol. The average Bonchev–Trinajstić information content (AvgIpc) is 2.90. The molecule has 0 aromatic heterocycles. The van der Waals surface area contributed by atoms with E-state index in [4.69, 9.17) is 0 Å². The van der Waals surface area contributed by atoms with Gasteiger partial charge in [0.05, 0.1) is 11.1 Å². The molecule has 0 radical (unpaired) electrons. The minimum atomic E-state index is -0.168. The van der Waals surface area contributed by atoms with Crippen LogP contribution in [0.4, 0.5) is 0 Å². The van der Waals surface area contributed by atoms with Gasteiger partial charge in [-0.2, -0.15) is 0 Å². The topological polar surface area (TPSA) is 40.6 Å². The van der Waals surface area contributed by atoms with Crippen LogP contribution < -0.4 is 0 Å². The van der Waals surface area contributed by atoms with Crippen molar-refractivity contribution in [1.29, 1.82) is 0 Å². The van der Waals surface area contributed by atoms with Crippen molar-refractivity contribution in [3.05, 3.63) is 70.8 Å². The Morgan fingerprint density at radius 1 is 1.00 bits per heavy atom. The van der Waals surface area contributed by atoms with Gasteiger partial charge in [-0.15, -0.1) is 0 Å². The molecule has 0 saturated carbocycles. The zero-order valence-electron chi connectivity index (χ0n) is 14.4. The van der Waals surface area contributed by atoms with Crippen molar-refractivity contribution in [2.75, 3.05) is 20.1 Å². The van der Waals surface area contributed by atoms with Crippen molar-refractivity contribution < 1.29 is 9.59 Å². The molecule has 2 amide bonds. The van der Waals surface area contributed by atoms with Crippen molar-refractivity contribution in [2.24, 2.45) is 0 Å². The van der Waals surface area contributed by atoms with Gasteiger partial charge in [0, 0.05) is 19.1 Å². The van der Waals surface area contributed by atoms with E-state index in [1.165, 1.54) is 22.4 Å². The summed E-state index contributed by atoms with van der Waals surface area (Å²) in [6.45, 7) is 1.12. The summed E-state index contributed by atoms with van der Waals surface area (Å²) in [5.41, 5.74) is 3.86. The molecule has 1 aliphatic carbocycles. The van der Waals surface area contributed by atoms with E-state index in [1.54, 1.807) is 24.3 Å². The number of aryl methyl sites for hydroxylation is 1. The van der Waals surface area contributed by atoms with Gasteiger partial charge in [-0.25, -0.2) is 0 Å². The Morgan fingerprint density at radius 3 is 2.36 bits per heavy atom. The highest BCUT2D eigenvalue weighted by molar-refractivity contribution is 6.21. The summed E-state index contributed by atoms with van der Waals surface area (Å²) in [5, 5.41) is 0. The molecule has 4 rings (SSSR count). The molecule has 0 bridgehead atoms. The van der Waals surface area contributed by atoms with E-state index in [0.717, 1.165) is 12.8 Å². The zero-order valence-corrected chi connectivity index (χ0v) is 14.4. The monoisotopic (exact) mass is 334 g/mol. The van der Waals surface area contributed by atoms with Gasteiger partial charge in [-0.05, 0) is 49.6 Å². The lowest BCUT2D eigenvalue weighted by Gasteiger charge is -2.34. The van der Waals surface area contributed by atoms with E-state index in [1.807, 2.05) is 0 Å². The second-order valence-electron chi connectivity index (χ2n) is 6.89. The molecule has 4 nitrogen and oxygen atoms in total. The number of carbonyl (C=O) groups excluding carboxylic acids is 2. The van der Waals surface area contributed by atoms with Crippen molar-refractivity contribution in [1.82, 2.24) is 9.80 Å². The Labute approximate surface area is 148 Å². The number of imide groups is 1. The first-order chi connectivity index (χ1) is 12.2. The predicted octanol–water partition coefficient (Wildman–Crippen LogP) is 3.29. The van der Waals surface area contributed by atoms with Crippen LogP contribution >= 0.6 is 0 Å². The quantitative estimate of drug-likeness (QED) is 0.806. The molecule has 0 unspecified atom stereocenters. The number of benzene rings is 2. The van der Waals surface area contributed by atoms with Gasteiger partial charge in [0.1, 0.15) is 0 Å². The van der Waals surface area contributed by atoms with Gasteiger partial charge in [0.2, 0.25) is 0 Å². The molecule has 0 saturated heterocycles. The van der Waals surface area contributed by atoms with Gasteiger partial charge < -0.3 is 0 Å². The maximum absolute atomic E-state index is 12.5. The van der Waals surface area contributed by atoms with Crippen LogP contribution in [-0.4, -0.2) is 41.8 Å². The van der Waals surface area contributed by atoms with E-state index in [9.17, 15) is 9.59 Å². The normalized spacial score (nSPS) is 19.3. The van der Waals surface area contributed by atoms with E-state index in [2.05, 4.69) is 36.2 Å². The van der Waals surface area contributed by atoms with E-state index in [0.29, 0.717) is 30.3 Å². The number of carbonyl (C=O) groups is 2. The highest BCUT2D eigenvalue weighted by atomic mass is 16.2. The van der Waals surface area contributed by atoms with Crippen LogP contribution in [0.25, 0.3) is 0 Å². The summed E-state index contributed by atoms with van der Waals surface area (Å²) >= 11 is 0. The molecule has 1 heterocycles. The fourth-order valence-electron chi connectivity index (χ4n) is 4.04. The van der Waals surface area contributed by atoms with Crippen LogP contribution in [0.1, 0.15) is 50.7 Å². The fraction of sp³-hybridized carbons (Fsp3) is 0.333. The Bertz CT molecular complexity index is 795. The molecule has 2 aromatic carbocycles. The Morgan fingerprint density at radius 2 is 1.64 bits per heavy atom. The molecule has 2 aliphatic rings. The van der Waals surface area contributed by atoms with Crippen LogP contribution in [-0.2, 0) is 6.42 Å². The first kappa shape index (κ1) is 16.0. The third-order valence-corrected chi connectivity index (χ3v) is 5.42. The second-order valence-corrected chi connectivity index (χ2v) is 6.89. The first-order valence-corrected chi connectivity index (χ1v) is 8.90. The van der Waals surface area contributed by atoms with Gasteiger partial charge in [-0.3, -0.25) is 19.4 Å². The average molecular weight is 334 g/mol. The molecule has 0 spiro atoms. The summed E-state index contributed by atoms with van der Waals surface area (Å²) in [6, 6.07) is 16.0. The van der Waals surface area contributed by atoms with Crippen molar-refractivity contribution >= 4 is 11.8 Å². The minimum Gasteiger partial charge on any atom is -0.298 e. The zero-order chi connectivity index (χ0) is 17.4. The smallest absolute Gasteiger partial charge is 0.261 e. The minimum absolute atomic E-state index is 0.168. The van der Waals surface area contributed by atoms with Gasteiger partial charge in [0.25, 0.3) is 11.8 Å². The molecule has 2 aromatic rings. The molecular formula is C21H22N2O2. The standard InChI is InChI=1S/C21H22N2O2/c1-22(19-12-6-8-15-7-2-3-9-16(15)19)13-14-23-20(24)17-10-4-5-11-18(17)21(23)25/h2-5,7,9-11,19H,6,8,12-14H2,1H3/t19-/m1/s1. The number of fused-ring (bicyclic) bond motifs is 2. The van der Waals surface area contributed by atoms with Crippen LogP contribution in [0, 0.1) is 0 Å². The first-order valence-electron chi connectivity index (χ1n) is 8.90.